The van der Waals surface area contributed by atoms with Crippen LogP contribution >= 0.6 is 0 Å². The molecule has 0 spiro atoms. The second-order valence-corrected chi connectivity index (χ2v) is 8.91. The molecule has 10 heteroatoms. The Morgan fingerprint density at radius 2 is 0.972 bits per heavy atom. The summed E-state index contributed by atoms with van der Waals surface area (Å²) in [4.78, 5) is 0. The molecule has 1 aromatic rings. The molecular weight excluding hydrogens is 472 g/mol. The molecule has 3 rings (SSSR count). The number of aliphatic hydroxyl groups excluding tert-OH is 8. The maximum atomic E-state index is 10.2. The number of hydrogen-bond donors (Lipinski definition) is 8. The molecule has 198 valence electrons. The van der Waals surface area contributed by atoms with Crippen LogP contribution in [-0.2, 0) is 22.3 Å². The van der Waals surface area contributed by atoms with Gasteiger partial charge in [0.05, 0.1) is 13.2 Å². The Hall–Kier alpha value is -2.06. The molecule has 10 nitrogen and oxygen atoms in total. The first-order chi connectivity index (χ1) is 17.2. The summed E-state index contributed by atoms with van der Waals surface area (Å²) in [5, 5.41) is 79.1. The first kappa shape index (κ1) is 28.5. The Balaban J connectivity index is 1.89. The lowest BCUT2D eigenvalue weighted by molar-refractivity contribution is -0.214. The summed E-state index contributed by atoms with van der Waals surface area (Å²) < 4.78 is 10.9. The van der Waals surface area contributed by atoms with Gasteiger partial charge in [-0.25, -0.2) is 0 Å². The fraction of sp³-hybridized carbons (Fsp3) is 0.615. The largest absolute Gasteiger partial charge is 0.394 e. The number of ether oxygens (including phenoxy) is 2. The normalized spacial score (nSPS) is 36.4. The Bertz CT molecular complexity index is 936. The molecular formula is C26H34O10. The van der Waals surface area contributed by atoms with Crippen molar-refractivity contribution in [1.29, 1.82) is 0 Å². The van der Waals surface area contributed by atoms with Crippen LogP contribution < -0.4 is 0 Å². The van der Waals surface area contributed by atoms with E-state index in [1.54, 1.807) is 0 Å². The molecule has 0 radical (unpaired) electrons. The van der Waals surface area contributed by atoms with Crippen LogP contribution in [0.25, 0.3) is 0 Å². The number of aryl methyl sites for hydroxylation is 2. The van der Waals surface area contributed by atoms with E-state index < -0.39 is 74.3 Å². The van der Waals surface area contributed by atoms with Crippen molar-refractivity contribution in [2.45, 2.75) is 87.7 Å². The third-order valence-corrected chi connectivity index (χ3v) is 6.57. The average molecular weight is 507 g/mol. The zero-order chi connectivity index (χ0) is 26.6. The Labute approximate surface area is 209 Å². The van der Waals surface area contributed by atoms with E-state index in [4.69, 9.17) is 9.47 Å². The van der Waals surface area contributed by atoms with Gasteiger partial charge in [-0.15, -0.1) is 0 Å². The lowest BCUT2D eigenvalue weighted by Crippen LogP contribution is -2.58. The Kier molecular flexibility index (Phi) is 9.86. The molecule has 0 aliphatic carbocycles. The molecule has 10 atom stereocenters. The van der Waals surface area contributed by atoms with Crippen molar-refractivity contribution in [2.24, 2.45) is 0 Å². The standard InChI is InChI=1S/C26H34O10/c1-3-13-9-16(6-8-18-22(30)26(34)24(32)20(12-28)36-18)14(4-2)10-15(13)5-7-17-21(29)25(33)23(31)19(11-27)35-17/h9-10,17-34H,3-4,11-12H2,1-2H3. The van der Waals surface area contributed by atoms with Gasteiger partial charge < -0.3 is 50.3 Å². The van der Waals surface area contributed by atoms with Gasteiger partial charge in [-0.05, 0) is 36.1 Å². The van der Waals surface area contributed by atoms with Crippen LogP contribution in [0.15, 0.2) is 12.1 Å². The van der Waals surface area contributed by atoms with Gasteiger partial charge >= 0.3 is 0 Å². The maximum absolute atomic E-state index is 10.2. The highest BCUT2D eigenvalue weighted by Gasteiger charge is 2.43. The van der Waals surface area contributed by atoms with Crippen molar-refractivity contribution < 1.29 is 50.3 Å². The quantitative estimate of drug-likeness (QED) is 0.199. The predicted molar refractivity (Wildman–Crippen MR) is 126 cm³/mol. The lowest BCUT2D eigenvalue weighted by Gasteiger charge is -2.37. The summed E-state index contributed by atoms with van der Waals surface area (Å²) in [5.74, 6) is 11.5. The monoisotopic (exact) mass is 506 g/mol. The average Bonchev–Trinajstić information content (AvgIpc) is 2.89. The molecule has 2 heterocycles. The molecule has 0 amide bonds. The first-order valence-corrected chi connectivity index (χ1v) is 12.0. The van der Waals surface area contributed by atoms with Crippen molar-refractivity contribution in [2.75, 3.05) is 13.2 Å². The third-order valence-electron chi connectivity index (χ3n) is 6.57. The van der Waals surface area contributed by atoms with Crippen LogP contribution in [0.3, 0.4) is 0 Å². The third kappa shape index (κ3) is 5.91. The van der Waals surface area contributed by atoms with Gasteiger partial charge in [0, 0.05) is 11.1 Å². The predicted octanol–water partition coefficient (Wildman–Crippen LogP) is -2.80. The van der Waals surface area contributed by atoms with Gasteiger partial charge in [0.1, 0.15) is 61.0 Å². The Morgan fingerprint density at radius 1 is 0.611 bits per heavy atom. The highest BCUT2D eigenvalue weighted by molar-refractivity contribution is 5.53. The molecule has 0 aromatic heterocycles. The number of rotatable bonds is 4. The minimum Gasteiger partial charge on any atom is -0.394 e. The van der Waals surface area contributed by atoms with E-state index in [0.717, 1.165) is 11.1 Å². The van der Waals surface area contributed by atoms with Crippen molar-refractivity contribution >= 4 is 0 Å². The SMILES string of the molecule is CCc1cc(C#CC2OC(CO)C(O)C(O)C2O)c(CC)cc1C#CC1OC(CO)C(O)C(O)C1O. The first-order valence-electron chi connectivity index (χ1n) is 12.0. The molecule has 2 fully saturated rings. The highest BCUT2D eigenvalue weighted by Crippen LogP contribution is 2.23. The minimum absolute atomic E-state index is 0.537. The van der Waals surface area contributed by atoms with Crippen LogP contribution in [0.1, 0.15) is 36.1 Å². The van der Waals surface area contributed by atoms with E-state index >= 15 is 0 Å². The summed E-state index contributed by atoms with van der Waals surface area (Å²) in [6, 6.07) is 3.68. The van der Waals surface area contributed by atoms with Gasteiger partial charge in [0.2, 0.25) is 0 Å². The molecule has 0 saturated carbocycles. The van der Waals surface area contributed by atoms with Gasteiger partial charge in [-0.1, -0.05) is 37.5 Å². The van der Waals surface area contributed by atoms with Crippen molar-refractivity contribution in [1.82, 2.24) is 0 Å². The fourth-order valence-corrected chi connectivity index (χ4v) is 4.25. The van der Waals surface area contributed by atoms with Crippen molar-refractivity contribution in [3.8, 4) is 23.7 Å². The molecule has 0 bridgehead atoms. The summed E-state index contributed by atoms with van der Waals surface area (Å²) in [5.41, 5.74) is 2.99. The van der Waals surface area contributed by atoms with Gasteiger partial charge in [0.25, 0.3) is 0 Å². The zero-order valence-electron chi connectivity index (χ0n) is 20.2. The van der Waals surface area contributed by atoms with Crippen molar-refractivity contribution in [3.63, 3.8) is 0 Å². The summed E-state index contributed by atoms with van der Waals surface area (Å²) in [6.07, 6.45) is -11.9. The fourth-order valence-electron chi connectivity index (χ4n) is 4.25. The lowest BCUT2D eigenvalue weighted by atomic mass is 9.93. The molecule has 2 aliphatic rings. The highest BCUT2D eigenvalue weighted by atomic mass is 16.5. The zero-order valence-corrected chi connectivity index (χ0v) is 20.2. The maximum Gasteiger partial charge on any atom is 0.147 e. The number of hydrogen-bond acceptors (Lipinski definition) is 10. The molecule has 36 heavy (non-hydrogen) atoms. The van der Waals surface area contributed by atoms with Crippen LogP contribution in [0.5, 0.6) is 0 Å². The summed E-state index contributed by atoms with van der Waals surface area (Å²) >= 11 is 0. The second kappa shape index (κ2) is 12.5. The van der Waals surface area contributed by atoms with Crippen LogP contribution in [-0.4, -0.2) is 115 Å². The van der Waals surface area contributed by atoms with E-state index in [-0.39, 0.29) is 0 Å². The molecule has 1 aromatic carbocycles. The van der Waals surface area contributed by atoms with E-state index in [0.29, 0.717) is 24.0 Å². The van der Waals surface area contributed by atoms with E-state index in [1.165, 1.54) is 0 Å². The molecule has 10 unspecified atom stereocenters. The molecule has 2 saturated heterocycles. The van der Waals surface area contributed by atoms with Crippen LogP contribution in [0.4, 0.5) is 0 Å². The number of benzene rings is 1. The summed E-state index contributed by atoms with van der Waals surface area (Å²) in [6.45, 7) is 2.78. The summed E-state index contributed by atoms with van der Waals surface area (Å²) in [7, 11) is 0. The van der Waals surface area contributed by atoms with Crippen LogP contribution in [0.2, 0.25) is 0 Å². The van der Waals surface area contributed by atoms with E-state index in [2.05, 4.69) is 23.7 Å². The molecule has 2 aliphatic heterocycles. The van der Waals surface area contributed by atoms with Gasteiger partial charge in [-0.3, -0.25) is 0 Å². The smallest absolute Gasteiger partial charge is 0.147 e. The number of aliphatic hydroxyl groups is 8. The van der Waals surface area contributed by atoms with E-state index in [9.17, 15) is 40.9 Å². The Morgan fingerprint density at radius 3 is 1.28 bits per heavy atom. The topological polar surface area (TPSA) is 180 Å². The molecule has 8 N–H and O–H groups in total. The minimum atomic E-state index is -1.51. The van der Waals surface area contributed by atoms with Crippen molar-refractivity contribution in [3.05, 3.63) is 34.4 Å². The second-order valence-electron chi connectivity index (χ2n) is 8.91. The van der Waals surface area contributed by atoms with Gasteiger partial charge in [0.15, 0.2) is 0 Å². The van der Waals surface area contributed by atoms with Gasteiger partial charge in [-0.2, -0.15) is 0 Å². The van der Waals surface area contributed by atoms with Crippen LogP contribution in [0, 0.1) is 23.7 Å². The van der Waals surface area contributed by atoms with E-state index in [1.807, 2.05) is 26.0 Å².